The molecule has 1 N–H and O–H groups in total. The molecule has 3 heterocycles. The summed E-state index contributed by atoms with van der Waals surface area (Å²) in [5.74, 6) is 1.77. The number of aromatic nitrogens is 7. The molecule has 0 amide bonds. The van der Waals surface area contributed by atoms with Gasteiger partial charge in [-0.25, -0.2) is 4.98 Å². The molecular weight excluding hydrogens is 280 g/mol. The maximum Gasteiger partial charge on any atom is 0.200 e. The SMILES string of the molecule is CCc1cc(NCCCn2nc(C)nc2C)c2nncn2n1. The molecule has 0 bridgehead atoms. The second kappa shape index (κ2) is 6.08. The van der Waals surface area contributed by atoms with Crippen LogP contribution in [0.2, 0.25) is 0 Å². The molecule has 22 heavy (non-hydrogen) atoms. The van der Waals surface area contributed by atoms with E-state index in [4.69, 9.17) is 0 Å². The third-order valence-electron chi connectivity index (χ3n) is 3.51. The van der Waals surface area contributed by atoms with Crippen LogP contribution in [0.15, 0.2) is 12.4 Å². The Balaban J connectivity index is 1.64. The Morgan fingerprint density at radius 1 is 1.23 bits per heavy atom. The molecule has 0 atom stereocenters. The number of nitrogens with zero attached hydrogens (tertiary/aromatic N) is 7. The highest BCUT2D eigenvalue weighted by molar-refractivity contribution is 5.66. The van der Waals surface area contributed by atoms with Crippen molar-refractivity contribution in [3.8, 4) is 0 Å². The summed E-state index contributed by atoms with van der Waals surface area (Å²) < 4.78 is 3.65. The average Bonchev–Trinajstić information content (AvgIpc) is 3.09. The minimum absolute atomic E-state index is 0.755. The predicted molar refractivity (Wildman–Crippen MR) is 82.8 cm³/mol. The predicted octanol–water partition coefficient (Wildman–Crippen LogP) is 1.40. The molecule has 3 aromatic heterocycles. The van der Waals surface area contributed by atoms with Crippen LogP contribution in [0.4, 0.5) is 5.69 Å². The van der Waals surface area contributed by atoms with E-state index in [1.54, 1.807) is 10.8 Å². The summed E-state index contributed by atoms with van der Waals surface area (Å²) in [6.45, 7) is 7.64. The maximum atomic E-state index is 4.43. The van der Waals surface area contributed by atoms with E-state index in [0.29, 0.717) is 0 Å². The van der Waals surface area contributed by atoms with Gasteiger partial charge in [-0.15, -0.1) is 10.2 Å². The van der Waals surface area contributed by atoms with Gasteiger partial charge in [0.25, 0.3) is 0 Å². The fraction of sp³-hybridized carbons (Fsp3) is 0.500. The number of hydrogen-bond donors (Lipinski definition) is 1. The lowest BCUT2D eigenvalue weighted by Gasteiger charge is -2.09. The quantitative estimate of drug-likeness (QED) is 0.692. The Labute approximate surface area is 128 Å². The monoisotopic (exact) mass is 300 g/mol. The highest BCUT2D eigenvalue weighted by Crippen LogP contribution is 2.15. The summed E-state index contributed by atoms with van der Waals surface area (Å²) in [5.41, 5.74) is 2.73. The molecule has 0 aliphatic rings. The van der Waals surface area contributed by atoms with Gasteiger partial charge < -0.3 is 5.32 Å². The molecule has 0 aromatic carbocycles. The van der Waals surface area contributed by atoms with Crippen molar-refractivity contribution in [2.24, 2.45) is 0 Å². The van der Waals surface area contributed by atoms with E-state index in [9.17, 15) is 0 Å². The van der Waals surface area contributed by atoms with Crippen molar-refractivity contribution < 1.29 is 0 Å². The molecule has 0 aliphatic heterocycles. The summed E-state index contributed by atoms with van der Waals surface area (Å²) in [6.07, 6.45) is 3.45. The number of nitrogens with one attached hydrogen (secondary N) is 1. The summed E-state index contributed by atoms with van der Waals surface area (Å²) in [7, 11) is 0. The molecule has 3 aromatic rings. The largest absolute Gasteiger partial charge is 0.382 e. The molecule has 0 saturated heterocycles. The standard InChI is InChI=1S/C14H20N8/c1-4-12-8-13(14-18-16-9-22(14)20-12)15-6-5-7-21-11(3)17-10(2)19-21/h8-9,15H,4-7H2,1-3H3. The molecule has 3 rings (SSSR count). The van der Waals surface area contributed by atoms with Crippen molar-refractivity contribution in [1.82, 2.24) is 34.6 Å². The molecular formula is C14H20N8. The van der Waals surface area contributed by atoms with Crippen molar-refractivity contribution in [2.45, 2.75) is 40.2 Å². The van der Waals surface area contributed by atoms with Crippen LogP contribution in [0.25, 0.3) is 5.65 Å². The first-order valence-corrected chi connectivity index (χ1v) is 7.49. The minimum atomic E-state index is 0.755. The Hall–Kier alpha value is -2.51. The van der Waals surface area contributed by atoms with E-state index in [1.165, 1.54) is 0 Å². The molecule has 116 valence electrons. The molecule has 0 saturated carbocycles. The third-order valence-corrected chi connectivity index (χ3v) is 3.51. The van der Waals surface area contributed by atoms with Crippen LogP contribution < -0.4 is 5.32 Å². The van der Waals surface area contributed by atoms with Crippen LogP contribution in [0.5, 0.6) is 0 Å². The van der Waals surface area contributed by atoms with E-state index in [0.717, 1.165) is 54.6 Å². The van der Waals surface area contributed by atoms with Gasteiger partial charge in [0.15, 0.2) is 0 Å². The Morgan fingerprint density at radius 3 is 2.82 bits per heavy atom. The van der Waals surface area contributed by atoms with E-state index in [-0.39, 0.29) is 0 Å². The lowest BCUT2D eigenvalue weighted by Crippen LogP contribution is -2.10. The zero-order valence-electron chi connectivity index (χ0n) is 13.1. The normalized spacial score (nSPS) is 11.2. The van der Waals surface area contributed by atoms with Gasteiger partial charge in [0.1, 0.15) is 18.0 Å². The number of hydrogen-bond acceptors (Lipinski definition) is 6. The van der Waals surface area contributed by atoms with Crippen LogP contribution >= 0.6 is 0 Å². The van der Waals surface area contributed by atoms with Gasteiger partial charge in [0.05, 0.1) is 11.4 Å². The second-order valence-electron chi connectivity index (χ2n) is 5.21. The highest BCUT2D eigenvalue weighted by Gasteiger charge is 2.07. The number of fused-ring (bicyclic) bond motifs is 1. The average molecular weight is 300 g/mol. The van der Waals surface area contributed by atoms with E-state index in [1.807, 2.05) is 24.6 Å². The van der Waals surface area contributed by atoms with Gasteiger partial charge in [-0.1, -0.05) is 6.92 Å². The number of rotatable bonds is 6. The highest BCUT2D eigenvalue weighted by atomic mass is 15.4. The van der Waals surface area contributed by atoms with Crippen molar-refractivity contribution in [2.75, 3.05) is 11.9 Å². The number of anilines is 1. The van der Waals surface area contributed by atoms with Crippen LogP contribution in [-0.4, -0.2) is 41.1 Å². The first-order valence-electron chi connectivity index (χ1n) is 7.49. The topological polar surface area (TPSA) is 85.8 Å². The van der Waals surface area contributed by atoms with E-state index in [2.05, 4.69) is 37.6 Å². The molecule has 0 fully saturated rings. The Morgan fingerprint density at radius 2 is 2.09 bits per heavy atom. The summed E-state index contributed by atoms with van der Waals surface area (Å²) in [6, 6.07) is 2.04. The fourth-order valence-electron chi connectivity index (χ4n) is 2.41. The number of aryl methyl sites for hydroxylation is 4. The van der Waals surface area contributed by atoms with Crippen LogP contribution in [0.1, 0.15) is 30.7 Å². The first kappa shape index (κ1) is 14.4. The van der Waals surface area contributed by atoms with E-state index < -0.39 is 0 Å². The zero-order valence-corrected chi connectivity index (χ0v) is 13.1. The van der Waals surface area contributed by atoms with Gasteiger partial charge >= 0.3 is 0 Å². The first-order chi connectivity index (χ1) is 10.7. The van der Waals surface area contributed by atoms with Crippen LogP contribution in [-0.2, 0) is 13.0 Å². The van der Waals surface area contributed by atoms with Gasteiger partial charge in [0, 0.05) is 13.1 Å². The van der Waals surface area contributed by atoms with Crippen molar-refractivity contribution in [1.29, 1.82) is 0 Å². The van der Waals surface area contributed by atoms with Crippen LogP contribution in [0.3, 0.4) is 0 Å². The fourth-order valence-corrected chi connectivity index (χ4v) is 2.41. The summed E-state index contributed by atoms with van der Waals surface area (Å²) in [4.78, 5) is 4.31. The molecule has 8 heteroatoms. The molecule has 0 spiro atoms. The van der Waals surface area contributed by atoms with Gasteiger partial charge in [-0.2, -0.15) is 14.7 Å². The second-order valence-corrected chi connectivity index (χ2v) is 5.21. The van der Waals surface area contributed by atoms with E-state index >= 15 is 0 Å². The van der Waals surface area contributed by atoms with Crippen molar-refractivity contribution in [3.05, 3.63) is 29.7 Å². The Kier molecular flexibility index (Phi) is 3.99. The summed E-state index contributed by atoms with van der Waals surface area (Å²) in [5, 5.41) is 20.2. The van der Waals surface area contributed by atoms with Crippen molar-refractivity contribution in [3.63, 3.8) is 0 Å². The molecule has 8 nitrogen and oxygen atoms in total. The smallest absolute Gasteiger partial charge is 0.200 e. The van der Waals surface area contributed by atoms with Gasteiger partial charge in [0.2, 0.25) is 5.65 Å². The van der Waals surface area contributed by atoms with Gasteiger partial charge in [-0.05, 0) is 32.8 Å². The molecule has 0 radical (unpaired) electrons. The van der Waals surface area contributed by atoms with Crippen LogP contribution in [0, 0.1) is 13.8 Å². The molecule has 0 unspecified atom stereocenters. The molecule has 0 aliphatic carbocycles. The zero-order chi connectivity index (χ0) is 15.5. The lowest BCUT2D eigenvalue weighted by molar-refractivity contribution is 0.571. The summed E-state index contributed by atoms with van der Waals surface area (Å²) >= 11 is 0. The minimum Gasteiger partial charge on any atom is -0.382 e. The Bertz CT molecular complexity index is 772. The van der Waals surface area contributed by atoms with Gasteiger partial charge in [-0.3, -0.25) is 4.68 Å². The third kappa shape index (κ3) is 2.90. The lowest BCUT2D eigenvalue weighted by atomic mass is 10.3. The van der Waals surface area contributed by atoms with Crippen molar-refractivity contribution >= 4 is 11.3 Å². The maximum absolute atomic E-state index is 4.43.